The van der Waals surface area contributed by atoms with Gasteiger partial charge < -0.3 is 18.8 Å². The number of halogens is 1. The van der Waals surface area contributed by atoms with Gasteiger partial charge in [-0.05, 0) is 19.9 Å². The molecular formula is C16H19ClN4O5. The third-order valence-corrected chi connectivity index (χ3v) is 4.89. The van der Waals surface area contributed by atoms with E-state index in [4.69, 9.17) is 30.6 Å². The lowest BCUT2D eigenvalue weighted by molar-refractivity contribution is -0.211. The zero-order valence-corrected chi connectivity index (χ0v) is 15.5. The maximum Gasteiger partial charge on any atom is 0.277 e. The van der Waals surface area contributed by atoms with Crippen molar-refractivity contribution in [3.8, 4) is 0 Å². The minimum Gasteiger partial charge on any atom is -0.341 e. The van der Waals surface area contributed by atoms with Crippen LogP contribution in [0.4, 0.5) is 0 Å². The predicted octanol–water partition coefficient (Wildman–Crippen LogP) is 1.52. The van der Waals surface area contributed by atoms with Crippen LogP contribution in [0.15, 0.2) is 18.6 Å². The molecule has 9 nitrogen and oxygen atoms in total. The largest absolute Gasteiger partial charge is 0.341 e. The van der Waals surface area contributed by atoms with Gasteiger partial charge >= 0.3 is 0 Å². The highest BCUT2D eigenvalue weighted by molar-refractivity contribution is 6.33. The number of hydrogen-bond acceptors (Lipinski definition) is 7. The van der Waals surface area contributed by atoms with Gasteiger partial charge in [0.1, 0.15) is 29.3 Å². The monoisotopic (exact) mass is 382 g/mol. The molecule has 26 heavy (non-hydrogen) atoms. The first kappa shape index (κ1) is 17.6. The number of fused-ring (bicyclic) bond motifs is 2. The number of carbonyl (C=O) groups is 1. The van der Waals surface area contributed by atoms with E-state index in [-0.39, 0.29) is 5.91 Å². The molecule has 4 heterocycles. The van der Waals surface area contributed by atoms with Gasteiger partial charge in [0.05, 0.1) is 12.5 Å². The molecule has 2 aromatic rings. The molecule has 0 saturated carbocycles. The fourth-order valence-electron chi connectivity index (χ4n) is 3.41. The normalized spacial score (nSPS) is 29.9. The van der Waals surface area contributed by atoms with Crippen molar-refractivity contribution in [3.05, 3.63) is 23.7 Å². The summed E-state index contributed by atoms with van der Waals surface area (Å²) in [7, 11) is 2.93. The van der Waals surface area contributed by atoms with Gasteiger partial charge in [0.15, 0.2) is 18.1 Å². The number of likely N-dealkylation sites (N-methyl/N-ethyl adjacent to an activating group) is 1. The summed E-state index contributed by atoms with van der Waals surface area (Å²) in [6.07, 6.45) is 0.624. The summed E-state index contributed by atoms with van der Waals surface area (Å²) in [5.74, 6) is -1.19. The summed E-state index contributed by atoms with van der Waals surface area (Å²) in [5.41, 5.74) is 0.593. The molecule has 2 fully saturated rings. The van der Waals surface area contributed by atoms with E-state index in [1.807, 2.05) is 0 Å². The van der Waals surface area contributed by atoms with E-state index in [2.05, 4.69) is 9.97 Å². The van der Waals surface area contributed by atoms with Crippen molar-refractivity contribution in [1.29, 1.82) is 0 Å². The summed E-state index contributed by atoms with van der Waals surface area (Å²) in [6, 6.07) is 1.80. The average molecular weight is 383 g/mol. The molecule has 2 saturated heterocycles. The standard InChI is InChI=1S/C16H19ClN4O5/c1-16(2)25-9-10(14(22)20(3)23-4)24-15(11(9)26-16)21-6-5-8-12(17)18-7-19-13(8)21/h5-7,9-11,15H,1-4H3/t9-,10?,11-,15?/m1/s1. The molecule has 2 aliphatic heterocycles. The Labute approximate surface area is 154 Å². The average Bonchev–Trinajstić information content (AvgIpc) is 3.24. The summed E-state index contributed by atoms with van der Waals surface area (Å²) in [4.78, 5) is 25.9. The van der Waals surface area contributed by atoms with E-state index < -0.39 is 30.3 Å². The molecule has 10 heteroatoms. The predicted molar refractivity (Wildman–Crippen MR) is 90.1 cm³/mol. The maximum atomic E-state index is 12.6. The Morgan fingerprint density at radius 1 is 1.35 bits per heavy atom. The fraction of sp³-hybridized carbons (Fsp3) is 0.562. The minimum atomic E-state index is -0.869. The van der Waals surface area contributed by atoms with Gasteiger partial charge in [-0.3, -0.25) is 9.63 Å². The molecule has 2 aromatic heterocycles. The molecule has 0 bridgehead atoms. The van der Waals surface area contributed by atoms with E-state index in [0.29, 0.717) is 16.2 Å². The van der Waals surface area contributed by atoms with Crippen LogP contribution in [-0.2, 0) is 23.8 Å². The third-order valence-electron chi connectivity index (χ3n) is 4.59. The lowest BCUT2D eigenvalue weighted by Crippen LogP contribution is -2.43. The van der Waals surface area contributed by atoms with Crippen LogP contribution in [0.25, 0.3) is 11.0 Å². The number of aromatic nitrogens is 3. The smallest absolute Gasteiger partial charge is 0.277 e. The highest BCUT2D eigenvalue weighted by Gasteiger charge is 2.58. The number of nitrogens with zero attached hydrogens (tertiary/aromatic N) is 4. The highest BCUT2D eigenvalue weighted by Crippen LogP contribution is 2.44. The van der Waals surface area contributed by atoms with Gasteiger partial charge in [-0.25, -0.2) is 15.0 Å². The zero-order valence-electron chi connectivity index (χ0n) is 14.7. The minimum absolute atomic E-state index is 0.346. The Hall–Kier alpha value is -1.78. The number of hydroxylamine groups is 2. The highest BCUT2D eigenvalue weighted by atomic mass is 35.5. The quantitative estimate of drug-likeness (QED) is 0.587. The first-order chi connectivity index (χ1) is 12.3. The Bertz CT molecular complexity index is 856. The van der Waals surface area contributed by atoms with Gasteiger partial charge in [0, 0.05) is 13.2 Å². The van der Waals surface area contributed by atoms with Crippen molar-refractivity contribution >= 4 is 28.5 Å². The van der Waals surface area contributed by atoms with Crippen molar-refractivity contribution in [1.82, 2.24) is 19.6 Å². The number of rotatable bonds is 3. The van der Waals surface area contributed by atoms with Crippen LogP contribution in [0, 0.1) is 0 Å². The van der Waals surface area contributed by atoms with E-state index in [1.165, 1.54) is 20.5 Å². The Morgan fingerprint density at radius 2 is 2.08 bits per heavy atom. The first-order valence-electron chi connectivity index (χ1n) is 8.12. The molecule has 4 rings (SSSR count). The summed E-state index contributed by atoms with van der Waals surface area (Å²) in [6.45, 7) is 3.60. The molecule has 0 spiro atoms. The van der Waals surface area contributed by atoms with E-state index in [1.54, 1.807) is 30.7 Å². The molecule has 1 amide bonds. The molecule has 4 atom stereocenters. The van der Waals surface area contributed by atoms with Gasteiger partial charge in [0.2, 0.25) is 0 Å². The lowest BCUT2D eigenvalue weighted by atomic mass is 10.1. The van der Waals surface area contributed by atoms with E-state index in [9.17, 15) is 4.79 Å². The maximum absolute atomic E-state index is 12.6. The van der Waals surface area contributed by atoms with Crippen LogP contribution in [0.5, 0.6) is 0 Å². The second kappa shape index (κ2) is 6.14. The van der Waals surface area contributed by atoms with Crippen molar-refractivity contribution in [2.45, 2.75) is 44.2 Å². The van der Waals surface area contributed by atoms with Crippen LogP contribution < -0.4 is 0 Å². The van der Waals surface area contributed by atoms with Gasteiger partial charge in [0.25, 0.3) is 5.91 Å². The first-order valence-corrected chi connectivity index (χ1v) is 8.50. The second-order valence-corrected chi connectivity index (χ2v) is 7.01. The van der Waals surface area contributed by atoms with Gasteiger partial charge in [-0.1, -0.05) is 11.6 Å². The van der Waals surface area contributed by atoms with Crippen LogP contribution in [-0.4, -0.2) is 63.8 Å². The number of carbonyl (C=O) groups excluding carboxylic acids is 1. The van der Waals surface area contributed by atoms with Crippen molar-refractivity contribution in [3.63, 3.8) is 0 Å². The summed E-state index contributed by atoms with van der Waals surface area (Å²) in [5, 5.41) is 2.15. The molecule has 0 aromatic carbocycles. The fourth-order valence-corrected chi connectivity index (χ4v) is 3.61. The zero-order chi connectivity index (χ0) is 18.6. The van der Waals surface area contributed by atoms with Gasteiger partial charge in [-0.15, -0.1) is 0 Å². The Balaban J connectivity index is 1.74. The topological polar surface area (TPSA) is 87.9 Å². The van der Waals surface area contributed by atoms with Crippen LogP contribution in [0.2, 0.25) is 5.15 Å². The Kier molecular flexibility index (Phi) is 4.16. The third kappa shape index (κ3) is 2.67. The van der Waals surface area contributed by atoms with E-state index >= 15 is 0 Å². The molecule has 0 aliphatic carbocycles. The van der Waals surface area contributed by atoms with Crippen LogP contribution in [0.3, 0.4) is 0 Å². The molecule has 2 aliphatic rings. The van der Waals surface area contributed by atoms with Crippen molar-refractivity contribution in [2.75, 3.05) is 14.2 Å². The SMILES string of the molecule is CON(C)C(=O)C1OC(n2ccc3c(Cl)ncnc32)[C@@H]2OC(C)(C)O[C@H]12. The second-order valence-electron chi connectivity index (χ2n) is 6.66. The molecule has 0 radical (unpaired) electrons. The van der Waals surface area contributed by atoms with Crippen LogP contribution in [0.1, 0.15) is 20.1 Å². The number of hydrogen-bond donors (Lipinski definition) is 0. The summed E-state index contributed by atoms with van der Waals surface area (Å²) >= 11 is 6.13. The molecule has 140 valence electrons. The summed E-state index contributed by atoms with van der Waals surface area (Å²) < 4.78 is 19.8. The van der Waals surface area contributed by atoms with Crippen molar-refractivity contribution in [2.24, 2.45) is 0 Å². The van der Waals surface area contributed by atoms with Crippen molar-refractivity contribution < 1.29 is 23.8 Å². The number of amides is 1. The Morgan fingerprint density at radius 3 is 2.81 bits per heavy atom. The molecule has 0 N–H and O–H groups in total. The van der Waals surface area contributed by atoms with E-state index in [0.717, 1.165) is 5.06 Å². The van der Waals surface area contributed by atoms with Crippen LogP contribution >= 0.6 is 11.6 Å². The number of ether oxygens (including phenoxy) is 3. The van der Waals surface area contributed by atoms with Gasteiger partial charge in [-0.2, -0.15) is 0 Å². The lowest BCUT2D eigenvalue weighted by Gasteiger charge is -2.26. The molecule has 2 unspecified atom stereocenters. The molecular weight excluding hydrogens is 364 g/mol.